The van der Waals surface area contributed by atoms with E-state index in [-0.39, 0.29) is 11.7 Å². The van der Waals surface area contributed by atoms with Crippen LogP contribution < -0.4 is 5.32 Å². The number of carbonyl (C=O) groups is 1. The Bertz CT molecular complexity index is 339. The van der Waals surface area contributed by atoms with E-state index >= 15 is 0 Å². The molecule has 0 unspecified atom stereocenters. The lowest BCUT2D eigenvalue weighted by atomic mass is 10.1. The van der Waals surface area contributed by atoms with Crippen molar-refractivity contribution in [2.75, 3.05) is 12.4 Å². The molecule has 0 atom stereocenters. The van der Waals surface area contributed by atoms with Gasteiger partial charge in [-0.3, -0.25) is 4.79 Å². The highest BCUT2D eigenvalue weighted by Crippen LogP contribution is 2.15. The second-order valence-corrected chi connectivity index (χ2v) is 3.32. The largest absolute Gasteiger partial charge is 0.508 e. The first-order chi connectivity index (χ1) is 6.65. The zero-order chi connectivity index (χ0) is 10.6. The molecular formula is C10H12ClNO2. The molecule has 0 aromatic heterocycles. The van der Waals surface area contributed by atoms with E-state index in [1.165, 1.54) is 6.07 Å². The number of carbonyl (C=O) groups excluding carboxylic acids is 1. The molecule has 0 radical (unpaired) electrons. The topological polar surface area (TPSA) is 49.3 Å². The van der Waals surface area contributed by atoms with Gasteiger partial charge in [0, 0.05) is 18.0 Å². The molecular weight excluding hydrogens is 202 g/mol. The number of rotatable bonds is 3. The predicted octanol–water partition coefficient (Wildman–Crippen LogP) is 1.67. The number of hydrogen-bond acceptors (Lipinski definition) is 2. The van der Waals surface area contributed by atoms with Crippen LogP contribution >= 0.6 is 11.6 Å². The van der Waals surface area contributed by atoms with Crippen molar-refractivity contribution >= 4 is 17.5 Å². The smallest absolute Gasteiger partial charge is 0.251 e. The van der Waals surface area contributed by atoms with Crippen LogP contribution in [0.15, 0.2) is 18.2 Å². The maximum absolute atomic E-state index is 11.5. The van der Waals surface area contributed by atoms with E-state index in [1.807, 2.05) is 0 Å². The van der Waals surface area contributed by atoms with E-state index in [1.54, 1.807) is 19.1 Å². The predicted molar refractivity (Wildman–Crippen MR) is 55.9 cm³/mol. The summed E-state index contributed by atoms with van der Waals surface area (Å²) in [6.07, 6.45) is 0. The number of nitrogens with one attached hydrogen (secondary N) is 1. The Morgan fingerprint density at radius 1 is 1.57 bits per heavy atom. The molecule has 0 bridgehead atoms. The van der Waals surface area contributed by atoms with E-state index in [9.17, 15) is 4.79 Å². The fourth-order valence-corrected chi connectivity index (χ4v) is 1.25. The SMILES string of the molecule is Cc1cc(O)ccc1C(=O)NCCCl. The number of aryl methyl sites for hydroxylation is 1. The summed E-state index contributed by atoms with van der Waals surface area (Å²) in [5.74, 6) is 0.391. The molecule has 0 saturated carbocycles. The molecule has 0 fully saturated rings. The first-order valence-electron chi connectivity index (χ1n) is 4.29. The average Bonchev–Trinajstić information content (AvgIpc) is 2.14. The van der Waals surface area contributed by atoms with Crippen LogP contribution in [-0.2, 0) is 0 Å². The Balaban J connectivity index is 2.80. The van der Waals surface area contributed by atoms with Gasteiger partial charge in [-0.2, -0.15) is 0 Å². The minimum absolute atomic E-state index is 0.163. The summed E-state index contributed by atoms with van der Waals surface area (Å²) >= 11 is 5.44. The minimum Gasteiger partial charge on any atom is -0.508 e. The van der Waals surface area contributed by atoms with Gasteiger partial charge in [-0.25, -0.2) is 0 Å². The Labute approximate surface area is 87.7 Å². The second-order valence-electron chi connectivity index (χ2n) is 2.94. The molecule has 4 heteroatoms. The number of amides is 1. The van der Waals surface area contributed by atoms with Crippen molar-refractivity contribution in [3.05, 3.63) is 29.3 Å². The standard InChI is InChI=1S/C10H12ClNO2/c1-7-6-8(13)2-3-9(7)10(14)12-5-4-11/h2-3,6,13H,4-5H2,1H3,(H,12,14). The molecule has 1 amide bonds. The average molecular weight is 214 g/mol. The maximum Gasteiger partial charge on any atom is 0.251 e. The lowest BCUT2D eigenvalue weighted by molar-refractivity contribution is 0.0955. The van der Waals surface area contributed by atoms with Crippen LogP contribution in [0.3, 0.4) is 0 Å². The third-order valence-electron chi connectivity index (χ3n) is 1.83. The number of alkyl halides is 1. The van der Waals surface area contributed by atoms with Gasteiger partial charge in [0.1, 0.15) is 5.75 Å². The van der Waals surface area contributed by atoms with Crippen LogP contribution in [0.2, 0.25) is 0 Å². The molecule has 76 valence electrons. The van der Waals surface area contributed by atoms with Gasteiger partial charge in [-0.05, 0) is 30.7 Å². The zero-order valence-corrected chi connectivity index (χ0v) is 8.64. The third-order valence-corrected chi connectivity index (χ3v) is 2.02. The summed E-state index contributed by atoms with van der Waals surface area (Å²) in [6, 6.07) is 4.63. The zero-order valence-electron chi connectivity index (χ0n) is 7.88. The van der Waals surface area contributed by atoms with Crippen molar-refractivity contribution in [3.63, 3.8) is 0 Å². The first kappa shape index (κ1) is 10.9. The normalized spacial score (nSPS) is 9.86. The Kier molecular flexibility index (Phi) is 3.77. The minimum atomic E-state index is -0.164. The number of phenolic OH excluding ortho intramolecular Hbond substituents is 1. The number of benzene rings is 1. The van der Waals surface area contributed by atoms with E-state index in [4.69, 9.17) is 16.7 Å². The van der Waals surface area contributed by atoms with Crippen LogP contribution in [0.25, 0.3) is 0 Å². The van der Waals surface area contributed by atoms with Crippen LogP contribution in [0.4, 0.5) is 0 Å². The van der Waals surface area contributed by atoms with Gasteiger partial charge in [0.25, 0.3) is 5.91 Å². The van der Waals surface area contributed by atoms with Gasteiger partial charge >= 0.3 is 0 Å². The fourth-order valence-electron chi connectivity index (χ4n) is 1.16. The summed E-state index contributed by atoms with van der Waals surface area (Å²) in [7, 11) is 0. The Morgan fingerprint density at radius 2 is 2.29 bits per heavy atom. The summed E-state index contributed by atoms with van der Waals surface area (Å²) in [5.41, 5.74) is 1.31. The maximum atomic E-state index is 11.5. The Hall–Kier alpha value is -1.22. The lowest BCUT2D eigenvalue weighted by Crippen LogP contribution is -2.25. The molecule has 1 aromatic rings. The molecule has 14 heavy (non-hydrogen) atoms. The van der Waals surface area contributed by atoms with E-state index in [0.717, 1.165) is 5.56 Å². The van der Waals surface area contributed by atoms with Gasteiger partial charge in [0.2, 0.25) is 0 Å². The molecule has 0 aliphatic heterocycles. The number of halogens is 1. The molecule has 1 rings (SSSR count). The highest BCUT2D eigenvalue weighted by molar-refractivity contribution is 6.18. The summed E-state index contributed by atoms with van der Waals surface area (Å²) in [6.45, 7) is 2.22. The van der Waals surface area contributed by atoms with Crippen molar-refractivity contribution in [2.24, 2.45) is 0 Å². The van der Waals surface area contributed by atoms with Crippen molar-refractivity contribution in [3.8, 4) is 5.75 Å². The lowest BCUT2D eigenvalue weighted by Gasteiger charge is -2.06. The first-order valence-corrected chi connectivity index (χ1v) is 4.82. The quantitative estimate of drug-likeness (QED) is 0.751. The van der Waals surface area contributed by atoms with E-state index < -0.39 is 0 Å². The van der Waals surface area contributed by atoms with Crippen molar-refractivity contribution in [2.45, 2.75) is 6.92 Å². The third kappa shape index (κ3) is 2.64. The van der Waals surface area contributed by atoms with Gasteiger partial charge in [0.05, 0.1) is 0 Å². The molecule has 0 aliphatic rings. The fraction of sp³-hybridized carbons (Fsp3) is 0.300. The number of hydrogen-bond donors (Lipinski definition) is 2. The second kappa shape index (κ2) is 4.86. The monoisotopic (exact) mass is 213 g/mol. The van der Waals surface area contributed by atoms with Gasteiger partial charge in [-0.15, -0.1) is 11.6 Å². The van der Waals surface area contributed by atoms with Gasteiger partial charge in [0.15, 0.2) is 0 Å². The Morgan fingerprint density at radius 3 is 2.86 bits per heavy atom. The molecule has 0 aliphatic carbocycles. The van der Waals surface area contributed by atoms with E-state index in [0.29, 0.717) is 18.0 Å². The highest BCUT2D eigenvalue weighted by atomic mass is 35.5. The molecule has 2 N–H and O–H groups in total. The van der Waals surface area contributed by atoms with Crippen LogP contribution in [0.5, 0.6) is 5.75 Å². The summed E-state index contributed by atoms with van der Waals surface area (Å²) < 4.78 is 0. The van der Waals surface area contributed by atoms with Crippen LogP contribution in [-0.4, -0.2) is 23.4 Å². The summed E-state index contributed by atoms with van der Waals surface area (Å²) in [5, 5.41) is 11.8. The summed E-state index contributed by atoms with van der Waals surface area (Å²) in [4.78, 5) is 11.5. The van der Waals surface area contributed by atoms with Crippen molar-refractivity contribution < 1.29 is 9.90 Å². The molecule has 3 nitrogen and oxygen atoms in total. The van der Waals surface area contributed by atoms with Crippen molar-refractivity contribution in [1.82, 2.24) is 5.32 Å². The number of phenols is 1. The molecule has 0 saturated heterocycles. The molecule has 0 heterocycles. The van der Waals surface area contributed by atoms with Crippen LogP contribution in [0.1, 0.15) is 15.9 Å². The highest BCUT2D eigenvalue weighted by Gasteiger charge is 2.07. The van der Waals surface area contributed by atoms with Crippen LogP contribution in [0, 0.1) is 6.92 Å². The van der Waals surface area contributed by atoms with E-state index in [2.05, 4.69) is 5.32 Å². The van der Waals surface area contributed by atoms with Crippen molar-refractivity contribution in [1.29, 1.82) is 0 Å². The van der Waals surface area contributed by atoms with Gasteiger partial charge < -0.3 is 10.4 Å². The molecule has 1 aromatic carbocycles. The van der Waals surface area contributed by atoms with Gasteiger partial charge in [-0.1, -0.05) is 0 Å². The number of aromatic hydroxyl groups is 1. The molecule has 0 spiro atoms.